The summed E-state index contributed by atoms with van der Waals surface area (Å²) < 4.78 is 0. The summed E-state index contributed by atoms with van der Waals surface area (Å²) in [5, 5.41) is 8.74. The molecule has 1 aromatic rings. The number of rotatable bonds is 1. The minimum atomic E-state index is -0.0116. The van der Waals surface area contributed by atoms with Gasteiger partial charge in [0.25, 0.3) is 5.56 Å². The van der Waals surface area contributed by atoms with Crippen LogP contribution in [0.2, 0.25) is 0 Å². The SMILES string of the molecule is Cc1cc(C2CC[NH2+]CC2)c(=O)[nH]n1. The summed E-state index contributed by atoms with van der Waals surface area (Å²) in [7, 11) is 0. The molecule has 3 N–H and O–H groups in total. The predicted molar refractivity (Wildman–Crippen MR) is 53.2 cm³/mol. The lowest BCUT2D eigenvalue weighted by Gasteiger charge is -2.19. The zero-order valence-corrected chi connectivity index (χ0v) is 8.42. The number of quaternary nitrogens is 1. The summed E-state index contributed by atoms with van der Waals surface area (Å²) >= 11 is 0. The van der Waals surface area contributed by atoms with Gasteiger partial charge in [0.2, 0.25) is 0 Å². The maximum absolute atomic E-state index is 11.5. The molecule has 14 heavy (non-hydrogen) atoms. The van der Waals surface area contributed by atoms with Crippen LogP contribution in [0.25, 0.3) is 0 Å². The first-order chi connectivity index (χ1) is 6.77. The number of nitrogens with two attached hydrogens (primary N) is 1. The van der Waals surface area contributed by atoms with E-state index in [4.69, 9.17) is 0 Å². The molecule has 1 aromatic heterocycles. The highest BCUT2D eigenvalue weighted by atomic mass is 16.1. The standard InChI is InChI=1S/C10H15N3O/c1-7-6-9(10(14)13-12-7)8-2-4-11-5-3-8/h6,8,11H,2-5H2,1H3,(H,13,14)/p+1. The van der Waals surface area contributed by atoms with Crippen LogP contribution in [0.5, 0.6) is 0 Å². The Hall–Kier alpha value is -1.16. The molecular weight excluding hydrogens is 178 g/mol. The highest BCUT2D eigenvalue weighted by Crippen LogP contribution is 2.20. The van der Waals surface area contributed by atoms with Crippen molar-refractivity contribution in [2.45, 2.75) is 25.7 Å². The zero-order chi connectivity index (χ0) is 9.97. The van der Waals surface area contributed by atoms with Crippen molar-refractivity contribution < 1.29 is 5.32 Å². The third kappa shape index (κ3) is 1.85. The number of nitrogens with zero attached hydrogens (tertiary/aromatic N) is 1. The Labute approximate surface area is 82.7 Å². The van der Waals surface area contributed by atoms with E-state index in [0.29, 0.717) is 5.92 Å². The summed E-state index contributed by atoms with van der Waals surface area (Å²) in [6.45, 7) is 4.17. The van der Waals surface area contributed by atoms with Gasteiger partial charge < -0.3 is 5.32 Å². The van der Waals surface area contributed by atoms with E-state index in [0.717, 1.165) is 37.2 Å². The van der Waals surface area contributed by atoms with Crippen molar-refractivity contribution in [1.82, 2.24) is 10.2 Å². The molecule has 1 saturated heterocycles. The molecule has 0 amide bonds. The molecule has 0 atom stereocenters. The van der Waals surface area contributed by atoms with Gasteiger partial charge in [-0.05, 0) is 13.0 Å². The van der Waals surface area contributed by atoms with E-state index in [9.17, 15) is 4.79 Å². The Kier molecular flexibility index (Phi) is 2.63. The van der Waals surface area contributed by atoms with Crippen molar-refractivity contribution in [3.63, 3.8) is 0 Å². The van der Waals surface area contributed by atoms with Crippen molar-refractivity contribution in [3.8, 4) is 0 Å². The van der Waals surface area contributed by atoms with Gasteiger partial charge in [-0.3, -0.25) is 4.79 Å². The number of nitrogens with one attached hydrogen (secondary N) is 1. The zero-order valence-electron chi connectivity index (χ0n) is 8.42. The Balaban J connectivity index is 2.29. The first-order valence-electron chi connectivity index (χ1n) is 5.15. The van der Waals surface area contributed by atoms with Crippen molar-refractivity contribution in [3.05, 3.63) is 27.7 Å². The van der Waals surface area contributed by atoms with Crippen LogP contribution in [0, 0.1) is 6.92 Å². The van der Waals surface area contributed by atoms with Gasteiger partial charge in [0.05, 0.1) is 18.8 Å². The number of piperidine rings is 1. The topological polar surface area (TPSA) is 62.4 Å². The molecule has 0 aliphatic carbocycles. The lowest BCUT2D eigenvalue weighted by Crippen LogP contribution is -2.86. The summed E-state index contributed by atoms with van der Waals surface area (Å²) in [4.78, 5) is 11.5. The second-order valence-corrected chi connectivity index (χ2v) is 3.93. The van der Waals surface area contributed by atoms with Gasteiger partial charge in [-0.1, -0.05) is 0 Å². The lowest BCUT2D eigenvalue weighted by atomic mass is 9.91. The van der Waals surface area contributed by atoms with E-state index in [1.165, 1.54) is 0 Å². The fourth-order valence-electron chi connectivity index (χ4n) is 2.07. The molecule has 0 radical (unpaired) electrons. The van der Waals surface area contributed by atoms with Gasteiger partial charge in [0.15, 0.2) is 0 Å². The van der Waals surface area contributed by atoms with Gasteiger partial charge in [-0.25, -0.2) is 5.10 Å². The minimum absolute atomic E-state index is 0.0116. The van der Waals surface area contributed by atoms with Gasteiger partial charge in [-0.2, -0.15) is 5.10 Å². The summed E-state index contributed by atoms with van der Waals surface area (Å²) in [6.07, 6.45) is 2.21. The first kappa shape index (κ1) is 9.40. The second-order valence-electron chi connectivity index (χ2n) is 3.93. The normalized spacial score (nSPS) is 18.4. The number of H-pyrrole nitrogens is 1. The maximum atomic E-state index is 11.5. The molecule has 0 unspecified atom stereocenters. The molecule has 4 heteroatoms. The molecule has 1 aliphatic heterocycles. The third-order valence-electron chi connectivity index (χ3n) is 2.84. The first-order valence-corrected chi connectivity index (χ1v) is 5.15. The fourth-order valence-corrected chi connectivity index (χ4v) is 2.07. The lowest BCUT2D eigenvalue weighted by molar-refractivity contribution is -0.663. The van der Waals surface area contributed by atoms with Crippen molar-refractivity contribution in [2.24, 2.45) is 0 Å². The second kappa shape index (κ2) is 3.92. The quantitative estimate of drug-likeness (QED) is 0.634. The van der Waals surface area contributed by atoms with E-state index in [-0.39, 0.29) is 5.56 Å². The van der Waals surface area contributed by atoms with E-state index in [2.05, 4.69) is 15.5 Å². The molecule has 0 bridgehead atoms. The van der Waals surface area contributed by atoms with Crippen molar-refractivity contribution >= 4 is 0 Å². The number of aromatic nitrogens is 2. The highest BCUT2D eigenvalue weighted by molar-refractivity contribution is 5.17. The van der Waals surface area contributed by atoms with Gasteiger partial charge in [0, 0.05) is 24.3 Å². The third-order valence-corrected chi connectivity index (χ3v) is 2.84. The largest absolute Gasteiger partial charge is 0.346 e. The molecule has 0 spiro atoms. The molecule has 76 valence electrons. The van der Waals surface area contributed by atoms with Gasteiger partial charge in [-0.15, -0.1) is 0 Å². The van der Waals surface area contributed by atoms with Crippen LogP contribution in [0.3, 0.4) is 0 Å². The number of aryl methyl sites for hydroxylation is 1. The summed E-state index contributed by atoms with van der Waals surface area (Å²) in [5.74, 6) is 0.436. The monoisotopic (exact) mass is 194 g/mol. The molecule has 4 nitrogen and oxygen atoms in total. The van der Waals surface area contributed by atoms with E-state index >= 15 is 0 Å². The van der Waals surface area contributed by atoms with E-state index in [1.807, 2.05) is 13.0 Å². The Morgan fingerprint density at radius 3 is 2.93 bits per heavy atom. The maximum Gasteiger partial charge on any atom is 0.267 e. The van der Waals surface area contributed by atoms with Crippen molar-refractivity contribution in [1.29, 1.82) is 0 Å². The number of aromatic amines is 1. The molecule has 0 aromatic carbocycles. The molecule has 0 saturated carbocycles. The van der Waals surface area contributed by atoms with Crippen molar-refractivity contribution in [2.75, 3.05) is 13.1 Å². The smallest absolute Gasteiger partial charge is 0.267 e. The van der Waals surface area contributed by atoms with Crippen LogP contribution >= 0.6 is 0 Å². The molecule has 1 aliphatic rings. The average Bonchev–Trinajstić information content (AvgIpc) is 2.23. The van der Waals surface area contributed by atoms with Gasteiger partial charge >= 0.3 is 0 Å². The van der Waals surface area contributed by atoms with E-state index in [1.54, 1.807) is 0 Å². The molecule has 1 fully saturated rings. The van der Waals surface area contributed by atoms with Crippen LogP contribution in [0.1, 0.15) is 30.0 Å². The van der Waals surface area contributed by atoms with Crippen LogP contribution in [0.4, 0.5) is 0 Å². The Bertz CT molecular complexity index is 366. The Morgan fingerprint density at radius 2 is 2.21 bits per heavy atom. The fraction of sp³-hybridized carbons (Fsp3) is 0.600. The molecule has 2 rings (SSSR count). The summed E-state index contributed by atoms with van der Waals surface area (Å²) in [5.41, 5.74) is 1.81. The van der Waals surface area contributed by atoms with Crippen LogP contribution in [-0.2, 0) is 0 Å². The van der Waals surface area contributed by atoms with E-state index < -0.39 is 0 Å². The van der Waals surface area contributed by atoms with Crippen LogP contribution in [0.15, 0.2) is 10.9 Å². The molecular formula is C10H16N3O+. The molecule has 2 heterocycles. The predicted octanol–water partition coefficient (Wildman–Crippen LogP) is -0.481. The minimum Gasteiger partial charge on any atom is -0.346 e. The average molecular weight is 194 g/mol. The number of hydrogen-bond acceptors (Lipinski definition) is 2. The van der Waals surface area contributed by atoms with Crippen LogP contribution in [-0.4, -0.2) is 23.3 Å². The van der Waals surface area contributed by atoms with Gasteiger partial charge in [0.1, 0.15) is 0 Å². The highest BCUT2D eigenvalue weighted by Gasteiger charge is 2.20. The number of hydrogen-bond donors (Lipinski definition) is 2. The Morgan fingerprint density at radius 1 is 1.50 bits per heavy atom. The van der Waals surface area contributed by atoms with Crippen LogP contribution < -0.4 is 10.9 Å². The summed E-state index contributed by atoms with van der Waals surface area (Å²) in [6, 6.07) is 1.93.